The van der Waals surface area contributed by atoms with Crippen molar-refractivity contribution < 1.29 is 14.4 Å². The van der Waals surface area contributed by atoms with E-state index in [0.29, 0.717) is 21.6 Å². The molecule has 10 heteroatoms. The molecule has 162 valence electrons. The number of nitrogens with one attached hydrogen (secondary N) is 3. The molecule has 0 radical (unpaired) electrons. The number of amides is 4. The molecule has 0 spiro atoms. The number of anilines is 1. The van der Waals surface area contributed by atoms with Crippen molar-refractivity contribution in [3.63, 3.8) is 0 Å². The molecule has 2 aromatic carbocycles. The smallest absolute Gasteiger partial charge is 0.323 e. The summed E-state index contributed by atoms with van der Waals surface area (Å²) >= 11 is 5.96. The maximum absolute atomic E-state index is 12.6. The number of aromatic nitrogens is 1. The lowest BCUT2D eigenvalue weighted by atomic mass is 10.1. The minimum atomic E-state index is -0.839. The number of rotatable bonds is 7. The van der Waals surface area contributed by atoms with Crippen LogP contribution in [0.4, 0.5) is 15.3 Å². The van der Waals surface area contributed by atoms with Crippen molar-refractivity contribution in [1.29, 1.82) is 0 Å². The number of nitrogens with two attached hydrogens (primary N) is 2. The average molecular weight is 443 g/mol. The van der Waals surface area contributed by atoms with Gasteiger partial charge in [-0.15, -0.1) is 0 Å². The Balaban J connectivity index is 1.67. The fraction of sp³-hybridized carbons (Fsp3) is 0.190. The highest BCUT2D eigenvalue weighted by molar-refractivity contribution is 6.30. The van der Waals surface area contributed by atoms with Crippen LogP contribution in [0.2, 0.25) is 5.02 Å². The van der Waals surface area contributed by atoms with Gasteiger partial charge in [0.25, 0.3) is 0 Å². The van der Waals surface area contributed by atoms with E-state index in [4.69, 9.17) is 23.1 Å². The number of benzene rings is 2. The van der Waals surface area contributed by atoms with E-state index in [2.05, 4.69) is 16.0 Å². The zero-order chi connectivity index (χ0) is 22.4. The summed E-state index contributed by atoms with van der Waals surface area (Å²) in [6.07, 6.45) is 1.68. The highest BCUT2D eigenvalue weighted by atomic mass is 35.5. The Bertz CT molecular complexity index is 1110. The molecule has 0 fully saturated rings. The topological polar surface area (TPSA) is 144 Å². The Morgan fingerprint density at radius 2 is 1.87 bits per heavy atom. The summed E-state index contributed by atoms with van der Waals surface area (Å²) < 4.78 is 1.24. The Morgan fingerprint density at radius 1 is 1.10 bits per heavy atom. The molecule has 4 amide bonds. The monoisotopic (exact) mass is 442 g/mol. The molecule has 0 aliphatic carbocycles. The number of primary amides is 1. The van der Waals surface area contributed by atoms with E-state index in [-0.39, 0.29) is 25.4 Å². The molecule has 1 atom stereocenters. The van der Waals surface area contributed by atoms with Crippen molar-refractivity contribution in [2.24, 2.45) is 11.5 Å². The summed E-state index contributed by atoms with van der Waals surface area (Å²) in [6.45, 7) is 0.465. The maximum atomic E-state index is 12.6. The van der Waals surface area contributed by atoms with Crippen molar-refractivity contribution in [1.82, 2.24) is 15.2 Å². The molecule has 31 heavy (non-hydrogen) atoms. The number of nitrogens with zero attached hydrogens (tertiary/aromatic N) is 1. The minimum absolute atomic E-state index is 0.205. The molecule has 7 N–H and O–H groups in total. The summed E-state index contributed by atoms with van der Waals surface area (Å²) in [5, 5.41) is 9.26. The number of para-hydroxylation sites is 1. The Morgan fingerprint density at radius 3 is 2.58 bits per heavy atom. The van der Waals surface area contributed by atoms with E-state index < -0.39 is 18.1 Å². The maximum Gasteiger partial charge on any atom is 0.323 e. The zero-order valence-electron chi connectivity index (χ0n) is 16.6. The highest BCUT2D eigenvalue weighted by Gasteiger charge is 2.21. The van der Waals surface area contributed by atoms with Crippen molar-refractivity contribution in [3.05, 3.63) is 65.3 Å². The lowest BCUT2D eigenvalue weighted by Gasteiger charge is -2.18. The van der Waals surface area contributed by atoms with E-state index in [9.17, 15) is 14.4 Å². The molecule has 0 aliphatic rings. The largest absolute Gasteiger partial charge is 0.351 e. The molecule has 0 aliphatic heterocycles. The van der Waals surface area contributed by atoms with E-state index in [1.807, 2.05) is 6.07 Å². The second-order valence-corrected chi connectivity index (χ2v) is 7.28. The number of hydrogen-bond acceptors (Lipinski definition) is 4. The first-order valence-electron chi connectivity index (χ1n) is 9.58. The number of halogens is 1. The molecular formula is C21H23ClN6O3. The van der Waals surface area contributed by atoms with Crippen LogP contribution in [-0.2, 0) is 11.3 Å². The molecular weight excluding hydrogens is 420 g/mol. The van der Waals surface area contributed by atoms with E-state index >= 15 is 0 Å². The van der Waals surface area contributed by atoms with Crippen LogP contribution in [0.15, 0.2) is 54.7 Å². The summed E-state index contributed by atoms with van der Waals surface area (Å²) in [7, 11) is 0. The third kappa shape index (κ3) is 5.53. The number of carbonyl (C=O) groups excluding carboxylic acids is 3. The summed E-state index contributed by atoms with van der Waals surface area (Å²) in [5.41, 5.74) is 12.8. The molecule has 1 unspecified atom stereocenters. The molecule has 0 saturated heterocycles. The van der Waals surface area contributed by atoms with Gasteiger partial charge in [-0.05, 0) is 36.7 Å². The van der Waals surface area contributed by atoms with Crippen LogP contribution in [0, 0.1) is 0 Å². The van der Waals surface area contributed by atoms with E-state index in [0.717, 1.165) is 5.56 Å². The molecule has 3 rings (SSSR count). The zero-order valence-corrected chi connectivity index (χ0v) is 17.4. The Hall–Kier alpha value is -3.56. The van der Waals surface area contributed by atoms with Crippen LogP contribution >= 0.6 is 11.6 Å². The van der Waals surface area contributed by atoms with Gasteiger partial charge in [0.1, 0.15) is 6.04 Å². The van der Waals surface area contributed by atoms with Crippen LogP contribution in [0.25, 0.3) is 10.9 Å². The lowest BCUT2D eigenvalue weighted by Crippen LogP contribution is -2.48. The minimum Gasteiger partial charge on any atom is -0.351 e. The van der Waals surface area contributed by atoms with Gasteiger partial charge in [-0.1, -0.05) is 41.9 Å². The first-order valence-corrected chi connectivity index (χ1v) is 9.96. The van der Waals surface area contributed by atoms with E-state index in [1.165, 1.54) is 10.8 Å². The summed E-state index contributed by atoms with van der Waals surface area (Å²) in [4.78, 5) is 36.8. The quantitative estimate of drug-likeness (QED) is 0.382. The molecule has 1 heterocycles. The van der Waals surface area contributed by atoms with Crippen molar-refractivity contribution >= 4 is 46.2 Å². The number of carbonyl (C=O) groups is 3. The normalized spacial score (nSPS) is 11.7. The second kappa shape index (κ2) is 9.96. The molecule has 3 aromatic rings. The highest BCUT2D eigenvalue weighted by Crippen LogP contribution is 2.25. The predicted molar refractivity (Wildman–Crippen MR) is 120 cm³/mol. The van der Waals surface area contributed by atoms with Crippen LogP contribution < -0.4 is 27.4 Å². The third-order valence-electron chi connectivity index (χ3n) is 4.63. The predicted octanol–water partition coefficient (Wildman–Crippen LogP) is 2.38. The van der Waals surface area contributed by atoms with E-state index in [1.54, 1.807) is 42.5 Å². The first kappa shape index (κ1) is 22.1. The fourth-order valence-corrected chi connectivity index (χ4v) is 3.39. The van der Waals surface area contributed by atoms with Crippen LogP contribution in [0.1, 0.15) is 12.0 Å². The fourth-order valence-electron chi connectivity index (χ4n) is 3.17. The molecule has 1 aromatic heterocycles. The van der Waals surface area contributed by atoms with Crippen LogP contribution in [0.3, 0.4) is 0 Å². The van der Waals surface area contributed by atoms with Gasteiger partial charge in [0.05, 0.1) is 11.2 Å². The van der Waals surface area contributed by atoms with Crippen molar-refractivity contribution in [2.75, 3.05) is 11.9 Å². The van der Waals surface area contributed by atoms with Gasteiger partial charge >= 0.3 is 12.1 Å². The van der Waals surface area contributed by atoms with Gasteiger partial charge in [-0.3, -0.25) is 9.36 Å². The number of hydrogen-bond donors (Lipinski definition) is 5. The SMILES string of the molecule is NCCC(NC(=O)Nc1cn(C(N)=O)c2ccccc12)C(=O)NCc1cccc(Cl)c1. The summed E-state index contributed by atoms with van der Waals surface area (Å²) in [5.74, 6) is -0.375. The van der Waals surface area contributed by atoms with Crippen molar-refractivity contribution in [2.45, 2.75) is 19.0 Å². The van der Waals surface area contributed by atoms with Gasteiger partial charge in [0, 0.05) is 23.2 Å². The van der Waals surface area contributed by atoms with Crippen molar-refractivity contribution in [3.8, 4) is 0 Å². The lowest BCUT2D eigenvalue weighted by molar-refractivity contribution is -0.123. The first-order chi connectivity index (χ1) is 14.9. The Labute approximate surface area is 183 Å². The molecule has 0 saturated carbocycles. The third-order valence-corrected chi connectivity index (χ3v) is 4.87. The van der Waals surface area contributed by atoms with Gasteiger partial charge in [-0.25, -0.2) is 9.59 Å². The van der Waals surface area contributed by atoms with Crippen LogP contribution in [0.5, 0.6) is 0 Å². The standard InChI is InChI=1S/C21H23ClN6O3/c22-14-5-3-4-13(10-14)11-25-19(29)16(8-9-23)26-21(31)27-17-12-28(20(24)30)18-7-2-1-6-15(17)18/h1-7,10,12,16H,8-9,11,23H2,(H2,24,30)(H,25,29)(H2,26,27,31). The average Bonchev–Trinajstić information content (AvgIpc) is 3.10. The number of urea groups is 1. The van der Waals surface area contributed by atoms with Crippen LogP contribution in [-0.4, -0.2) is 35.1 Å². The summed E-state index contributed by atoms with van der Waals surface area (Å²) in [6, 6.07) is 12.0. The van der Waals surface area contributed by atoms with Gasteiger partial charge < -0.3 is 27.4 Å². The molecule has 0 bridgehead atoms. The number of fused-ring (bicyclic) bond motifs is 1. The Kier molecular flexibility index (Phi) is 7.11. The van der Waals surface area contributed by atoms with Gasteiger partial charge in [0.2, 0.25) is 5.91 Å². The van der Waals surface area contributed by atoms with Gasteiger partial charge in [0.15, 0.2) is 0 Å². The second-order valence-electron chi connectivity index (χ2n) is 6.84. The molecule has 9 nitrogen and oxygen atoms in total. The van der Waals surface area contributed by atoms with Gasteiger partial charge in [-0.2, -0.15) is 0 Å².